The molecule has 1 saturated heterocycles. The molecule has 3 unspecified atom stereocenters. The van der Waals surface area contributed by atoms with Gasteiger partial charge in [-0.3, -0.25) is 0 Å². The second-order valence-corrected chi connectivity index (χ2v) is 7.85. The summed E-state index contributed by atoms with van der Waals surface area (Å²) in [4.78, 5) is 25.7. The summed E-state index contributed by atoms with van der Waals surface area (Å²) in [5, 5.41) is 14.8. The van der Waals surface area contributed by atoms with Crippen molar-refractivity contribution < 1.29 is 24.2 Å². The Morgan fingerprint density at radius 2 is 1.90 bits per heavy atom. The predicted molar refractivity (Wildman–Crippen MR) is 115 cm³/mol. The van der Waals surface area contributed by atoms with E-state index in [1.807, 2.05) is 6.07 Å². The number of nitrogens with one attached hydrogen (secondary N) is 1. The van der Waals surface area contributed by atoms with Gasteiger partial charge in [0.15, 0.2) is 11.7 Å². The molecule has 0 spiro atoms. The van der Waals surface area contributed by atoms with Gasteiger partial charge in [-0.15, -0.1) is 17.0 Å². The summed E-state index contributed by atoms with van der Waals surface area (Å²) in [7, 11) is 0. The van der Waals surface area contributed by atoms with Crippen molar-refractivity contribution in [1.82, 2.24) is 5.32 Å². The van der Waals surface area contributed by atoms with E-state index < -0.39 is 23.6 Å². The summed E-state index contributed by atoms with van der Waals surface area (Å²) < 4.78 is 10.8. The topological polar surface area (TPSA) is 84.9 Å². The summed E-state index contributed by atoms with van der Waals surface area (Å²) in [6, 6.07) is 8.95. The second-order valence-electron chi connectivity index (χ2n) is 7.85. The zero-order chi connectivity index (χ0) is 20.0. The third-order valence-corrected chi connectivity index (χ3v) is 5.98. The molecule has 1 aliphatic heterocycles. The third-order valence-electron chi connectivity index (χ3n) is 5.98. The molecule has 2 N–H and O–H groups in total. The Labute approximate surface area is 183 Å². The fourth-order valence-electron chi connectivity index (χ4n) is 4.42. The number of benzene rings is 1. The molecule has 2 fully saturated rings. The van der Waals surface area contributed by atoms with E-state index in [0.29, 0.717) is 12.0 Å². The highest BCUT2D eigenvalue weighted by molar-refractivity contribution is 8.93. The summed E-state index contributed by atoms with van der Waals surface area (Å²) in [5.41, 5.74) is -1.21. The van der Waals surface area contributed by atoms with Gasteiger partial charge in [-0.05, 0) is 57.2 Å². The Balaban J connectivity index is 0.00000300. The molecule has 6 nitrogen and oxygen atoms in total. The van der Waals surface area contributed by atoms with E-state index in [1.54, 1.807) is 31.2 Å². The first-order valence-electron chi connectivity index (χ1n) is 10.4. The lowest BCUT2D eigenvalue weighted by molar-refractivity contribution is -0.188. The van der Waals surface area contributed by atoms with Crippen molar-refractivity contribution >= 4 is 28.9 Å². The van der Waals surface area contributed by atoms with Gasteiger partial charge in [-0.25, -0.2) is 9.59 Å². The Morgan fingerprint density at radius 3 is 2.48 bits per heavy atom. The lowest BCUT2D eigenvalue weighted by Gasteiger charge is -2.33. The average molecular weight is 470 g/mol. The standard InChI is InChI=1S/C22H31NO5.BrH/c1-2-27-20(24)19(14-16-12-13-23-15-16)28-21(25)22(26,18-10-6-7-11-18)17-8-4-3-5-9-17;/h3-5,8-9,16,18-19,23,26H,2,6-7,10-15H2,1H3;1H. The highest BCUT2D eigenvalue weighted by Crippen LogP contribution is 2.42. The number of rotatable bonds is 8. The third kappa shape index (κ3) is 5.58. The maximum atomic E-state index is 13.2. The minimum Gasteiger partial charge on any atom is -0.463 e. The van der Waals surface area contributed by atoms with E-state index in [0.717, 1.165) is 45.2 Å². The molecule has 0 radical (unpaired) electrons. The Kier molecular flexibility index (Phi) is 9.11. The van der Waals surface area contributed by atoms with E-state index in [9.17, 15) is 14.7 Å². The van der Waals surface area contributed by atoms with Crippen molar-refractivity contribution in [3.05, 3.63) is 35.9 Å². The molecule has 162 valence electrons. The van der Waals surface area contributed by atoms with E-state index >= 15 is 0 Å². The molecule has 2 aliphatic rings. The molecular weight excluding hydrogens is 438 g/mol. The zero-order valence-corrected chi connectivity index (χ0v) is 18.7. The van der Waals surface area contributed by atoms with Gasteiger partial charge in [0.1, 0.15) is 0 Å². The Bertz CT molecular complexity index is 658. The normalized spacial score (nSPS) is 22.3. The Morgan fingerprint density at radius 1 is 1.21 bits per heavy atom. The fraction of sp³-hybridized carbons (Fsp3) is 0.636. The Hall–Kier alpha value is -1.44. The van der Waals surface area contributed by atoms with Crippen LogP contribution in [0.25, 0.3) is 0 Å². The molecule has 1 aromatic rings. The summed E-state index contributed by atoms with van der Waals surface area (Å²) in [5.74, 6) is -1.24. The number of ether oxygens (including phenoxy) is 2. The molecule has 1 saturated carbocycles. The number of esters is 2. The minimum atomic E-state index is -1.74. The lowest BCUT2D eigenvalue weighted by atomic mass is 9.80. The number of aliphatic hydroxyl groups is 1. The van der Waals surface area contributed by atoms with Gasteiger partial charge >= 0.3 is 11.9 Å². The van der Waals surface area contributed by atoms with Gasteiger partial charge in [0.2, 0.25) is 0 Å². The van der Waals surface area contributed by atoms with E-state index in [-0.39, 0.29) is 35.4 Å². The van der Waals surface area contributed by atoms with Gasteiger partial charge in [0.25, 0.3) is 0 Å². The molecule has 7 heteroatoms. The van der Waals surface area contributed by atoms with Crippen LogP contribution >= 0.6 is 17.0 Å². The van der Waals surface area contributed by atoms with Gasteiger partial charge < -0.3 is 19.9 Å². The van der Waals surface area contributed by atoms with Crippen molar-refractivity contribution in [3.63, 3.8) is 0 Å². The van der Waals surface area contributed by atoms with Gasteiger partial charge in [-0.1, -0.05) is 43.2 Å². The molecule has 1 aromatic carbocycles. The SMILES string of the molecule is Br.CCOC(=O)C(CC1CCNC1)OC(=O)C(O)(c1ccccc1)C1CCCC1. The van der Waals surface area contributed by atoms with E-state index in [2.05, 4.69) is 5.32 Å². The zero-order valence-electron chi connectivity index (χ0n) is 17.0. The first-order valence-corrected chi connectivity index (χ1v) is 10.4. The van der Waals surface area contributed by atoms with Crippen molar-refractivity contribution in [2.45, 2.75) is 57.2 Å². The highest BCUT2D eigenvalue weighted by Gasteiger charge is 2.49. The minimum absolute atomic E-state index is 0. The van der Waals surface area contributed by atoms with Gasteiger partial charge in [0, 0.05) is 5.92 Å². The average Bonchev–Trinajstić information content (AvgIpc) is 3.42. The molecule has 1 heterocycles. The smallest absolute Gasteiger partial charge is 0.347 e. The summed E-state index contributed by atoms with van der Waals surface area (Å²) in [6.45, 7) is 3.64. The van der Waals surface area contributed by atoms with E-state index in [1.165, 1.54) is 0 Å². The summed E-state index contributed by atoms with van der Waals surface area (Å²) >= 11 is 0. The summed E-state index contributed by atoms with van der Waals surface area (Å²) in [6.07, 6.45) is 3.82. The molecule has 0 aromatic heterocycles. The van der Waals surface area contributed by atoms with Crippen LogP contribution in [0.5, 0.6) is 0 Å². The maximum Gasteiger partial charge on any atom is 0.347 e. The first kappa shape index (κ1) is 23.8. The number of halogens is 1. The predicted octanol–water partition coefficient (Wildman–Crippen LogP) is 3.12. The molecule has 29 heavy (non-hydrogen) atoms. The van der Waals surface area contributed by atoms with Gasteiger partial charge in [0.05, 0.1) is 6.61 Å². The second kappa shape index (κ2) is 11.1. The van der Waals surface area contributed by atoms with Crippen LogP contribution in [0.4, 0.5) is 0 Å². The molecule has 1 aliphatic carbocycles. The number of hydrogen-bond donors (Lipinski definition) is 2. The van der Waals surface area contributed by atoms with Crippen LogP contribution in [0.3, 0.4) is 0 Å². The lowest BCUT2D eigenvalue weighted by Crippen LogP contribution is -2.46. The molecular formula is C22H32BrNO5. The molecule has 0 bridgehead atoms. The maximum absolute atomic E-state index is 13.2. The van der Waals surface area contributed by atoms with Crippen LogP contribution in [0.2, 0.25) is 0 Å². The van der Waals surface area contributed by atoms with Crippen LogP contribution in [-0.4, -0.2) is 42.8 Å². The fourth-order valence-corrected chi connectivity index (χ4v) is 4.42. The number of hydrogen-bond acceptors (Lipinski definition) is 6. The molecule has 3 rings (SSSR count). The van der Waals surface area contributed by atoms with Crippen molar-refractivity contribution in [1.29, 1.82) is 0 Å². The van der Waals surface area contributed by atoms with E-state index in [4.69, 9.17) is 9.47 Å². The van der Waals surface area contributed by atoms with Crippen LogP contribution < -0.4 is 5.32 Å². The van der Waals surface area contributed by atoms with Crippen molar-refractivity contribution in [3.8, 4) is 0 Å². The number of carbonyl (C=O) groups excluding carboxylic acids is 2. The molecule has 3 atom stereocenters. The molecule has 0 amide bonds. The number of carbonyl (C=O) groups is 2. The van der Waals surface area contributed by atoms with Crippen molar-refractivity contribution in [2.75, 3.05) is 19.7 Å². The van der Waals surface area contributed by atoms with Gasteiger partial charge in [-0.2, -0.15) is 0 Å². The quantitative estimate of drug-likeness (QED) is 0.568. The van der Waals surface area contributed by atoms with Crippen LogP contribution in [0.1, 0.15) is 51.0 Å². The largest absolute Gasteiger partial charge is 0.463 e. The van der Waals surface area contributed by atoms with Crippen LogP contribution in [0.15, 0.2) is 30.3 Å². The monoisotopic (exact) mass is 469 g/mol. The van der Waals surface area contributed by atoms with Crippen LogP contribution in [-0.2, 0) is 24.7 Å². The highest BCUT2D eigenvalue weighted by atomic mass is 79.9. The van der Waals surface area contributed by atoms with Crippen LogP contribution in [0, 0.1) is 11.8 Å². The first-order chi connectivity index (χ1) is 13.6. The van der Waals surface area contributed by atoms with Crippen molar-refractivity contribution in [2.24, 2.45) is 11.8 Å².